The van der Waals surface area contributed by atoms with E-state index in [9.17, 15) is 36.7 Å². The van der Waals surface area contributed by atoms with Crippen molar-refractivity contribution in [3.63, 3.8) is 0 Å². The number of hydrogen-bond acceptors (Lipinski definition) is 8. The van der Waals surface area contributed by atoms with Crippen molar-refractivity contribution < 1.29 is 57.2 Å². The van der Waals surface area contributed by atoms with Crippen molar-refractivity contribution in [3.8, 4) is 0 Å². The molecule has 0 amide bonds. The minimum atomic E-state index is -0.708. The summed E-state index contributed by atoms with van der Waals surface area (Å²) in [4.78, 5) is 61.6. The number of halogens is 4. The van der Waals surface area contributed by atoms with E-state index in [0.717, 1.165) is 169 Å². The summed E-state index contributed by atoms with van der Waals surface area (Å²) in [5.74, 6) is -2.48. The molecule has 8 aromatic rings. The summed E-state index contributed by atoms with van der Waals surface area (Å²) in [5.41, 5.74) is 7.86. The maximum atomic E-state index is 13.5. The molecule has 0 aliphatic heterocycles. The van der Waals surface area contributed by atoms with Gasteiger partial charge in [0.25, 0.3) is 0 Å². The molecule has 4 aromatic carbocycles. The molecule has 16 heteroatoms. The second kappa shape index (κ2) is 29.4. The van der Waals surface area contributed by atoms with E-state index >= 15 is 0 Å². The monoisotopic (exact) mass is 1200 g/mol. The molecule has 0 spiro atoms. The van der Waals surface area contributed by atoms with Crippen molar-refractivity contribution in [2.24, 2.45) is 47.3 Å². The number of benzene rings is 4. The highest BCUT2D eigenvalue weighted by Gasteiger charge is 2.34. The van der Waals surface area contributed by atoms with Gasteiger partial charge in [0.2, 0.25) is 0 Å². The molecule has 0 unspecified atom stereocenters. The first kappa shape index (κ1) is 64.6. The fourth-order valence-corrected chi connectivity index (χ4v) is 14.5. The first-order valence-corrected chi connectivity index (χ1v) is 31.3. The normalized spacial score (nSPS) is 23.4. The van der Waals surface area contributed by atoms with E-state index in [4.69, 9.17) is 20.4 Å². The lowest BCUT2D eigenvalue weighted by atomic mass is 9.74. The number of aromatic nitrogens is 4. The highest BCUT2D eigenvalue weighted by Crippen LogP contribution is 2.45. The highest BCUT2D eigenvalue weighted by molar-refractivity contribution is 5.85. The van der Waals surface area contributed by atoms with Crippen LogP contribution in [0.25, 0.3) is 43.6 Å². The number of hydrogen-bond donors (Lipinski definition) is 4. The maximum absolute atomic E-state index is 13.5. The lowest BCUT2D eigenvalue weighted by Gasteiger charge is -2.31. The van der Waals surface area contributed by atoms with Crippen molar-refractivity contribution in [3.05, 3.63) is 167 Å². The molecule has 12 nitrogen and oxygen atoms in total. The van der Waals surface area contributed by atoms with E-state index in [0.29, 0.717) is 23.7 Å². The third kappa shape index (κ3) is 15.7. The van der Waals surface area contributed by atoms with Gasteiger partial charge in [0.05, 0.1) is 45.7 Å². The van der Waals surface area contributed by atoms with Gasteiger partial charge in [-0.1, -0.05) is 27.7 Å². The molecule has 4 atom stereocenters. The summed E-state index contributed by atoms with van der Waals surface area (Å²) in [6, 6.07) is 26.8. The molecule has 464 valence electrons. The van der Waals surface area contributed by atoms with E-state index < -0.39 is 23.9 Å². The van der Waals surface area contributed by atoms with Gasteiger partial charge >= 0.3 is 23.9 Å². The second-order valence-electron chi connectivity index (χ2n) is 25.2. The van der Waals surface area contributed by atoms with Gasteiger partial charge in [-0.3, -0.25) is 39.1 Å². The molecule has 4 N–H and O–H groups in total. The number of rotatable bonds is 12. The summed E-state index contributed by atoms with van der Waals surface area (Å²) >= 11 is 0. The lowest BCUT2D eigenvalue weighted by molar-refractivity contribution is -0.144. The van der Waals surface area contributed by atoms with E-state index in [2.05, 4.69) is 19.9 Å². The molecule has 4 saturated carbocycles. The Morgan fingerprint density at radius 3 is 0.670 bits per heavy atom. The SMILES string of the molecule is C[C@@H](C(=O)O)C1CCC(c2ccnc3ccc(F)cc23)CC1.C[C@@H](C(=O)O)C1CCC(c2ccnc3ccc(F)cc23)CC1.C[C@H](C(=O)O)C1CCC(c2ccnc3ccc(F)cc23)CC1.C[C@H](C(=O)O)C1CCC(c2ccnc3ccc(F)cc23)CC1. The van der Waals surface area contributed by atoms with Crippen LogP contribution in [0.1, 0.15) is 176 Å². The summed E-state index contributed by atoms with van der Waals surface area (Å²) in [6.07, 6.45) is 22.1. The molecule has 4 aliphatic rings. The van der Waals surface area contributed by atoms with Gasteiger partial charge in [0.1, 0.15) is 23.3 Å². The predicted octanol–water partition coefficient (Wildman–Crippen LogP) is 17.5. The van der Waals surface area contributed by atoms with Crippen LogP contribution in [0.3, 0.4) is 0 Å². The Hall–Kier alpha value is -7.88. The van der Waals surface area contributed by atoms with Gasteiger partial charge in [-0.05, 0) is 269 Å². The van der Waals surface area contributed by atoms with Crippen LogP contribution in [0.2, 0.25) is 0 Å². The molecule has 4 aliphatic carbocycles. The fourth-order valence-electron chi connectivity index (χ4n) is 14.5. The minimum Gasteiger partial charge on any atom is -0.481 e. The molecule has 4 fully saturated rings. The van der Waals surface area contributed by atoms with Gasteiger partial charge < -0.3 is 20.4 Å². The van der Waals surface area contributed by atoms with Gasteiger partial charge in [-0.15, -0.1) is 0 Å². The van der Waals surface area contributed by atoms with Crippen LogP contribution in [0.15, 0.2) is 122 Å². The molecular weight excluding hydrogens is 1120 g/mol. The Labute approximate surface area is 511 Å². The lowest BCUT2D eigenvalue weighted by Crippen LogP contribution is -2.25. The summed E-state index contributed by atoms with van der Waals surface area (Å²) in [6.45, 7) is 7.18. The van der Waals surface area contributed by atoms with E-state index in [1.165, 1.54) is 24.3 Å². The molecule has 12 rings (SSSR count). The quantitative estimate of drug-likeness (QED) is 0.0845. The Bertz CT molecular complexity index is 3260. The number of carboxylic acids is 4. The largest absolute Gasteiger partial charge is 0.481 e. The summed E-state index contributed by atoms with van der Waals surface area (Å²) in [7, 11) is 0. The number of aliphatic carboxylic acids is 4. The Kier molecular flexibility index (Phi) is 21.6. The zero-order valence-corrected chi connectivity index (χ0v) is 50.5. The zero-order chi connectivity index (χ0) is 62.8. The first-order chi connectivity index (χ1) is 42.2. The molecular formula is C72H80F4N4O8. The van der Waals surface area contributed by atoms with Crippen molar-refractivity contribution in [1.82, 2.24) is 19.9 Å². The maximum Gasteiger partial charge on any atom is 0.306 e. The third-order valence-electron chi connectivity index (χ3n) is 20.2. The Morgan fingerprint density at radius 2 is 0.500 bits per heavy atom. The number of carboxylic acid groups (broad SMARTS) is 4. The Morgan fingerprint density at radius 1 is 0.318 bits per heavy atom. The summed E-state index contributed by atoms with van der Waals surface area (Å²) < 4.78 is 54.2. The van der Waals surface area contributed by atoms with Crippen LogP contribution < -0.4 is 0 Å². The van der Waals surface area contributed by atoms with Crippen LogP contribution in [0, 0.1) is 70.6 Å². The topological polar surface area (TPSA) is 201 Å². The second-order valence-corrected chi connectivity index (χ2v) is 25.2. The average molecular weight is 1210 g/mol. The van der Waals surface area contributed by atoms with Crippen molar-refractivity contribution >= 4 is 67.5 Å². The van der Waals surface area contributed by atoms with Crippen LogP contribution in [-0.4, -0.2) is 64.2 Å². The first-order valence-electron chi connectivity index (χ1n) is 31.3. The predicted molar refractivity (Wildman–Crippen MR) is 333 cm³/mol. The highest BCUT2D eigenvalue weighted by atomic mass is 19.1. The van der Waals surface area contributed by atoms with Crippen LogP contribution >= 0.6 is 0 Å². The Balaban J connectivity index is 0.000000140. The standard InChI is InChI=1S/4C18H20FNO2/c4*1-11(18(21)22)12-2-4-13(5-3-12)15-8-9-20-17-7-6-14(19)10-16(15)17/h4*6-13H,2-5H2,1H3,(H,21,22)/t4*11-,12?,13?/m1100/s1. The number of nitrogens with zero attached hydrogens (tertiary/aromatic N) is 4. The smallest absolute Gasteiger partial charge is 0.306 e. The van der Waals surface area contributed by atoms with Crippen molar-refractivity contribution in [2.75, 3.05) is 0 Å². The molecule has 0 radical (unpaired) electrons. The van der Waals surface area contributed by atoms with E-state index in [-0.39, 0.29) is 70.6 Å². The van der Waals surface area contributed by atoms with E-state index in [1.807, 2.05) is 24.3 Å². The van der Waals surface area contributed by atoms with Crippen LogP contribution in [-0.2, 0) is 19.2 Å². The minimum absolute atomic E-state index is 0.241. The zero-order valence-electron chi connectivity index (χ0n) is 50.5. The average Bonchev–Trinajstić information content (AvgIpc) is 3.10. The van der Waals surface area contributed by atoms with Gasteiger partial charge in [0.15, 0.2) is 0 Å². The molecule has 4 heterocycles. The molecule has 0 saturated heterocycles. The molecule has 4 aromatic heterocycles. The van der Waals surface area contributed by atoms with E-state index in [1.54, 1.807) is 101 Å². The van der Waals surface area contributed by atoms with Crippen LogP contribution in [0.5, 0.6) is 0 Å². The summed E-state index contributed by atoms with van der Waals surface area (Å²) in [5, 5.41) is 40.1. The number of pyridine rings is 4. The number of fused-ring (bicyclic) bond motifs is 4. The van der Waals surface area contributed by atoms with Gasteiger partial charge in [-0.25, -0.2) is 17.6 Å². The number of carbonyl (C=O) groups is 4. The van der Waals surface area contributed by atoms with Crippen molar-refractivity contribution in [2.45, 2.75) is 154 Å². The third-order valence-corrected chi connectivity index (χ3v) is 20.2. The van der Waals surface area contributed by atoms with Crippen molar-refractivity contribution in [1.29, 1.82) is 0 Å². The fraction of sp³-hybridized carbons (Fsp3) is 0.444. The van der Waals surface area contributed by atoms with Gasteiger partial charge in [-0.2, -0.15) is 0 Å². The van der Waals surface area contributed by atoms with Crippen LogP contribution in [0.4, 0.5) is 17.6 Å². The van der Waals surface area contributed by atoms with Gasteiger partial charge in [0, 0.05) is 46.3 Å². The molecule has 0 bridgehead atoms. The molecule has 88 heavy (non-hydrogen) atoms.